The third-order valence-electron chi connectivity index (χ3n) is 1.26. The fourth-order valence-corrected chi connectivity index (χ4v) is 0.719. The van der Waals surface area contributed by atoms with E-state index < -0.39 is 12.4 Å². The summed E-state index contributed by atoms with van der Waals surface area (Å²) in [6.07, 6.45) is 1.23. The van der Waals surface area contributed by atoms with Gasteiger partial charge in [0.05, 0.1) is 6.20 Å². The van der Waals surface area contributed by atoms with Crippen molar-refractivity contribution >= 4 is 0 Å². The Balaban J connectivity index is 3.34. The van der Waals surface area contributed by atoms with E-state index in [0.29, 0.717) is 0 Å². The van der Waals surface area contributed by atoms with E-state index in [1.54, 1.807) is 0 Å². The summed E-state index contributed by atoms with van der Waals surface area (Å²) >= 11 is 0. The molecule has 0 fully saturated rings. The largest absolute Gasteiger partial charge is 0.493 e. The van der Waals surface area contributed by atoms with Gasteiger partial charge in [0.2, 0.25) is 5.88 Å². The molecule has 56 valence electrons. The normalized spacial score (nSPS) is 10.2. The molecular weight excluding hydrogens is 136 g/mol. The average molecular weight is 144 g/mol. The first kappa shape index (κ1) is 6.88. The Kier molecular flexibility index (Phi) is 1.50. The van der Waals surface area contributed by atoms with Crippen molar-refractivity contribution in [2.75, 3.05) is 0 Å². The highest BCUT2D eigenvalue weighted by Crippen LogP contribution is 2.01. The smallest absolute Gasteiger partial charge is 0.332 e. The van der Waals surface area contributed by atoms with Crippen molar-refractivity contribution in [1.29, 1.82) is 0 Å². The predicted octanol–water partition coefficient (Wildman–Crippen LogP) is -1.16. The second-order valence-electron chi connectivity index (χ2n) is 1.95. The summed E-state index contributed by atoms with van der Waals surface area (Å²) in [7, 11) is 1.49. The molecule has 0 aliphatic rings. The number of aliphatic hydroxyl groups excluding tert-OH is 1. The fourth-order valence-electron chi connectivity index (χ4n) is 0.719. The standard InChI is InChI=1S/C5H8N2O3/c1-6-2-4(9)7(3-8)5(6)10/h2,8-9H,3H2,1H3. The Morgan fingerprint density at radius 3 is 2.50 bits per heavy atom. The van der Waals surface area contributed by atoms with Gasteiger partial charge >= 0.3 is 5.69 Å². The zero-order valence-electron chi connectivity index (χ0n) is 5.48. The van der Waals surface area contributed by atoms with E-state index in [2.05, 4.69) is 0 Å². The number of hydrogen-bond acceptors (Lipinski definition) is 3. The summed E-state index contributed by atoms with van der Waals surface area (Å²) < 4.78 is 2.03. The molecule has 0 spiro atoms. The van der Waals surface area contributed by atoms with Gasteiger partial charge in [0, 0.05) is 7.05 Å². The van der Waals surface area contributed by atoms with Gasteiger partial charge in [-0.3, -0.25) is 4.57 Å². The molecule has 0 aliphatic carbocycles. The number of aromatic hydroxyl groups is 1. The minimum Gasteiger partial charge on any atom is -0.493 e. The van der Waals surface area contributed by atoms with Gasteiger partial charge in [-0.25, -0.2) is 9.36 Å². The van der Waals surface area contributed by atoms with E-state index in [9.17, 15) is 4.79 Å². The first-order valence-electron chi connectivity index (χ1n) is 2.73. The van der Waals surface area contributed by atoms with Crippen LogP contribution in [0.5, 0.6) is 5.88 Å². The van der Waals surface area contributed by atoms with Crippen molar-refractivity contribution in [3.05, 3.63) is 16.7 Å². The number of aryl methyl sites for hydroxylation is 1. The lowest BCUT2D eigenvalue weighted by Gasteiger charge is -1.92. The highest BCUT2D eigenvalue weighted by Gasteiger charge is 2.04. The molecule has 0 aliphatic heterocycles. The molecule has 5 heteroatoms. The van der Waals surface area contributed by atoms with Crippen LogP contribution >= 0.6 is 0 Å². The molecule has 1 rings (SSSR count). The highest BCUT2D eigenvalue weighted by atomic mass is 16.3. The van der Waals surface area contributed by atoms with Gasteiger partial charge in [-0.15, -0.1) is 0 Å². The number of aliphatic hydroxyl groups is 1. The Hall–Kier alpha value is -1.23. The second-order valence-corrected chi connectivity index (χ2v) is 1.95. The topological polar surface area (TPSA) is 67.4 Å². The molecule has 0 amide bonds. The molecule has 0 bridgehead atoms. The van der Waals surface area contributed by atoms with E-state index in [0.717, 1.165) is 4.57 Å². The van der Waals surface area contributed by atoms with Crippen LogP contribution in [-0.2, 0) is 13.8 Å². The third kappa shape index (κ3) is 0.801. The monoisotopic (exact) mass is 144 g/mol. The number of aromatic nitrogens is 2. The first-order valence-corrected chi connectivity index (χ1v) is 2.73. The SMILES string of the molecule is Cn1cc(O)n(CO)c1=O. The summed E-state index contributed by atoms with van der Waals surface area (Å²) in [4.78, 5) is 10.8. The van der Waals surface area contributed by atoms with Crippen LogP contribution in [0, 0.1) is 0 Å². The molecule has 1 aromatic heterocycles. The van der Waals surface area contributed by atoms with Crippen LogP contribution in [0.25, 0.3) is 0 Å². The predicted molar refractivity (Wildman–Crippen MR) is 33.6 cm³/mol. The second kappa shape index (κ2) is 2.18. The van der Waals surface area contributed by atoms with Gasteiger partial charge in [-0.1, -0.05) is 0 Å². The molecule has 1 aromatic rings. The van der Waals surface area contributed by atoms with Crippen molar-refractivity contribution in [3.8, 4) is 5.88 Å². The van der Waals surface area contributed by atoms with Gasteiger partial charge in [-0.2, -0.15) is 0 Å². The molecule has 10 heavy (non-hydrogen) atoms. The summed E-state index contributed by atoms with van der Waals surface area (Å²) in [6.45, 7) is -0.495. The molecule has 1 heterocycles. The van der Waals surface area contributed by atoms with E-state index in [1.165, 1.54) is 17.8 Å². The Morgan fingerprint density at radius 2 is 2.30 bits per heavy atom. The van der Waals surface area contributed by atoms with E-state index >= 15 is 0 Å². The van der Waals surface area contributed by atoms with Gasteiger partial charge in [0.1, 0.15) is 6.73 Å². The third-order valence-corrected chi connectivity index (χ3v) is 1.26. The molecule has 0 saturated heterocycles. The van der Waals surface area contributed by atoms with Crippen molar-refractivity contribution < 1.29 is 10.2 Å². The molecule has 0 saturated carbocycles. The van der Waals surface area contributed by atoms with Crippen molar-refractivity contribution in [2.45, 2.75) is 6.73 Å². The van der Waals surface area contributed by atoms with E-state index in [4.69, 9.17) is 10.2 Å². The molecule has 2 N–H and O–H groups in total. The van der Waals surface area contributed by atoms with Crippen LogP contribution in [0.3, 0.4) is 0 Å². The Bertz CT molecular complexity index is 286. The molecule has 0 aromatic carbocycles. The van der Waals surface area contributed by atoms with Crippen LogP contribution in [0.1, 0.15) is 0 Å². The maximum atomic E-state index is 10.8. The van der Waals surface area contributed by atoms with Gasteiger partial charge in [0.15, 0.2) is 0 Å². The molecule has 0 radical (unpaired) electrons. The summed E-state index contributed by atoms with van der Waals surface area (Å²) in [5.41, 5.74) is -0.431. The fraction of sp³-hybridized carbons (Fsp3) is 0.400. The molecule has 0 atom stereocenters. The van der Waals surface area contributed by atoms with Crippen molar-refractivity contribution in [2.24, 2.45) is 7.05 Å². The first-order chi connectivity index (χ1) is 4.66. The molecule has 0 unspecified atom stereocenters. The highest BCUT2D eigenvalue weighted by molar-refractivity contribution is 5.03. The van der Waals surface area contributed by atoms with Crippen LogP contribution < -0.4 is 5.69 Å². The summed E-state index contributed by atoms with van der Waals surface area (Å²) in [5.74, 6) is -0.227. The lowest BCUT2D eigenvalue weighted by molar-refractivity contribution is 0.192. The minimum absolute atomic E-state index is 0.227. The lowest BCUT2D eigenvalue weighted by Crippen LogP contribution is -2.21. The Morgan fingerprint density at radius 1 is 1.70 bits per heavy atom. The van der Waals surface area contributed by atoms with Crippen LogP contribution in [-0.4, -0.2) is 19.3 Å². The minimum atomic E-state index is -0.495. The van der Waals surface area contributed by atoms with Gasteiger partial charge < -0.3 is 10.2 Å². The number of imidazole rings is 1. The summed E-state index contributed by atoms with van der Waals surface area (Å²) in [5, 5.41) is 17.4. The molecular formula is C5H8N2O3. The number of nitrogens with zero attached hydrogens (tertiary/aromatic N) is 2. The summed E-state index contributed by atoms with van der Waals surface area (Å²) in [6, 6.07) is 0. The van der Waals surface area contributed by atoms with E-state index in [-0.39, 0.29) is 5.88 Å². The van der Waals surface area contributed by atoms with Gasteiger partial charge in [-0.05, 0) is 0 Å². The van der Waals surface area contributed by atoms with Crippen molar-refractivity contribution in [1.82, 2.24) is 9.13 Å². The Labute approximate surface area is 56.8 Å². The molecule has 5 nitrogen and oxygen atoms in total. The maximum Gasteiger partial charge on any atom is 0.332 e. The maximum absolute atomic E-state index is 10.8. The van der Waals surface area contributed by atoms with E-state index in [1.807, 2.05) is 0 Å². The lowest BCUT2D eigenvalue weighted by atomic mass is 10.8. The number of rotatable bonds is 1. The van der Waals surface area contributed by atoms with Crippen LogP contribution in [0.15, 0.2) is 11.0 Å². The van der Waals surface area contributed by atoms with Gasteiger partial charge in [0.25, 0.3) is 0 Å². The quantitative estimate of drug-likeness (QED) is 0.522. The zero-order valence-corrected chi connectivity index (χ0v) is 5.48. The zero-order chi connectivity index (χ0) is 7.72. The van der Waals surface area contributed by atoms with Crippen LogP contribution in [0.2, 0.25) is 0 Å². The number of hydrogen-bond donors (Lipinski definition) is 2. The van der Waals surface area contributed by atoms with Crippen LogP contribution in [0.4, 0.5) is 0 Å². The average Bonchev–Trinajstić information content (AvgIpc) is 2.09. The van der Waals surface area contributed by atoms with Crippen molar-refractivity contribution in [3.63, 3.8) is 0 Å².